The van der Waals surface area contributed by atoms with Crippen molar-refractivity contribution >= 4 is 17.4 Å². The van der Waals surface area contributed by atoms with E-state index in [0.717, 1.165) is 19.6 Å². The summed E-state index contributed by atoms with van der Waals surface area (Å²) < 4.78 is 5.18. The first-order valence-corrected chi connectivity index (χ1v) is 6.05. The van der Waals surface area contributed by atoms with Crippen molar-refractivity contribution in [2.45, 2.75) is 6.42 Å². The van der Waals surface area contributed by atoms with Crippen molar-refractivity contribution in [3.63, 3.8) is 0 Å². The number of anilines is 1. The molecule has 0 saturated carbocycles. The average molecular weight is 257 g/mol. The molecule has 1 unspecified atom stereocenters. The van der Waals surface area contributed by atoms with Crippen molar-refractivity contribution in [3.8, 4) is 5.75 Å². The number of hydrogen-bond acceptors (Lipinski definition) is 5. The van der Waals surface area contributed by atoms with E-state index in [2.05, 4.69) is 27.2 Å². The van der Waals surface area contributed by atoms with Crippen LogP contribution in [0.1, 0.15) is 6.42 Å². The van der Waals surface area contributed by atoms with Crippen molar-refractivity contribution in [2.24, 2.45) is 5.92 Å². The minimum atomic E-state index is 0.341. The lowest BCUT2D eigenvalue weighted by Gasteiger charge is -2.14. The Morgan fingerprint density at radius 3 is 3.06 bits per heavy atom. The van der Waals surface area contributed by atoms with Gasteiger partial charge < -0.3 is 15.0 Å². The maximum absolute atomic E-state index is 5.92. The molecule has 1 aromatic heterocycles. The Kier molecular flexibility index (Phi) is 4.02. The average Bonchev–Trinajstić information content (AvgIpc) is 2.72. The number of hydrogen-bond donors (Lipinski definition) is 1. The first-order chi connectivity index (χ1) is 8.20. The second kappa shape index (κ2) is 5.51. The molecule has 17 heavy (non-hydrogen) atoms. The van der Waals surface area contributed by atoms with E-state index in [1.54, 1.807) is 7.11 Å². The van der Waals surface area contributed by atoms with Gasteiger partial charge in [-0.3, -0.25) is 0 Å². The summed E-state index contributed by atoms with van der Waals surface area (Å²) in [5.41, 5.74) is 0. The van der Waals surface area contributed by atoms with Gasteiger partial charge in [0.2, 0.25) is 0 Å². The highest BCUT2D eigenvalue weighted by Crippen LogP contribution is 2.28. The maximum Gasteiger partial charge on any atom is 0.198 e. The molecule has 1 saturated heterocycles. The van der Waals surface area contributed by atoms with Crippen LogP contribution in [0, 0.1) is 5.92 Å². The fourth-order valence-corrected chi connectivity index (χ4v) is 2.30. The quantitative estimate of drug-likeness (QED) is 0.828. The predicted molar refractivity (Wildman–Crippen MR) is 67.7 cm³/mol. The Bertz CT molecular complexity index is 388. The summed E-state index contributed by atoms with van der Waals surface area (Å²) in [4.78, 5) is 10.4. The minimum Gasteiger partial charge on any atom is -0.490 e. The molecule has 0 spiro atoms. The molecule has 2 rings (SSSR count). The molecule has 1 aliphatic rings. The molecule has 2 heterocycles. The van der Waals surface area contributed by atoms with Crippen LogP contribution in [0.25, 0.3) is 0 Å². The zero-order valence-electron chi connectivity index (χ0n) is 10.1. The monoisotopic (exact) mass is 256 g/mol. The third kappa shape index (κ3) is 2.98. The Morgan fingerprint density at radius 1 is 1.59 bits per heavy atom. The van der Waals surface area contributed by atoms with Crippen molar-refractivity contribution in [1.29, 1.82) is 0 Å². The summed E-state index contributed by atoms with van der Waals surface area (Å²) in [6, 6.07) is 0. The topological polar surface area (TPSA) is 50.3 Å². The van der Waals surface area contributed by atoms with E-state index in [1.807, 2.05) is 0 Å². The molecule has 0 aliphatic carbocycles. The zero-order chi connectivity index (χ0) is 12.3. The summed E-state index contributed by atoms with van der Waals surface area (Å²) in [7, 11) is 3.71. The molecule has 1 N–H and O–H groups in total. The zero-order valence-corrected chi connectivity index (χ0v) is 10.9. The van der Waals surface area contributed by atoms with Crippen LogP contribution < -0.4 is 10.1 Å². The second-order valence-electron chi connectivity index (χ2n) is 4.34. The third-order valence-electron chi connectivity index (χ3n) is 3.01. The van der Waals surface area contributed by atoms with Crippen LogP contribution in [-0.2, 0) is 0 Å². The molecule has 94 valence electrons. The van der Waals surface area contributed by atoms with Gasteiger partial charge in [-0.2, -0.15) is 0 Å². The molecule has 0 radical (unpaired) electrons. The van der Waals surface area contributed by atoms with Crippen LogP contribution >= 0.6 is 11.6 Å². The molecule has 1 aromatic rings. The molecule has 0 amide bonds. The second-order valence-corrected chi connectivity index (χ2v) is 4.70. The number of likely N-dealkylation sites (tertiary alicyclic amines) is 1. The minimum absolute atomic E-state index is 0.341. The van der Waals surface area contributed by atoms with Crippen molar-refractivity contribution in [3.05, 3.63) is 11.5 Å². The number of nitrogens with zero attached hydrogens (tertiary/aromatic N) is 3. The van der Waals surface area contributed by atoms with Gasteiger partial charge in [0, 0.05) is 13.1 Å². The summed E-state index contributed by atoms with van der Waals surface area (Å²) >= 11 is 5.92. The fourth-order valence-electron chi connectivity index (χ4n) is 2.09. The van der Waals surface area contributed by atoms with E-state index >= 15 is 0 Å². The summed E-state index contributed by atoms with van der Waals surface area (Å²) in [5, 5.41) is 3.62. The van der Waals surface area contributed by atoms with Gasteiger partial charge >= 0.3 is 0 Å². The van der Waals surface area contributed by atoms with Gasteiger partial charge in [0.1, 0.15) is 6.33 Å². The highest BCUT2D eigenvalue weighted by Gasteiger charge is 2.20. The Morgan fingerprint density at radius 2 is 2.41 bits per heavy atom. The van der Waals surface area contributed by atoms with E-state index in [9.17, 15) is 0 Å². The molecular formula is C11H17ClN4O. The fraction of sp³-hybridized carbons (Fsp3) is 0.636. The standard InChI is InChI=1S/C11H17ClN4O/c1-16-4-3-8(6-16)5-13-11-9(17-2)10(12)14-7-15-11/h7-8H,3-6H2,1-2H3,(H,13,14,15). The van der Waals surface area contributed by atoms with E-state index in [-0.39, 0.29) is 0 Å². The molecule has 6 heteroatoms. The van der Waals surface area contributed by atoms with Gasteiger partial charge in [0.05, 0.1) is 7.11 Å². The maximum atomic E-state index is 5.92. The highest BCUT2D eigenvalue weighted by molar-refractivity contribution is 6.31. The van der Waals surface area contributed by atoms with Crippen LogP contribution in [-0.4, -0.2) is 48.7 Å². The van der Waals surface area contributed by atoms with Gasteiger partial charge in [-0.25, -0.2) is 9.97 Å². The van der Waals surface area contributed by atoms with E-state index in [1.165, 1.54) is 12.7 Å². The van der Waals surface area contributed by atoms with Crippen molar-refractivity contribution < 1.29 is 4.74 Å². The van der Waals surface area contributed by atoms with E-state index < -0.39 is 0 Å². The predicted octanol–water partition coefficient (Wildman–Crippen LogP) is 1.50. The number of nitrogens with one attached hydrogen (secondary N) is 1. The van der Waals surface area contributed by atoms with Gasteiger partial charge in [-0.1, -0.05) is 11.6 Å². The Balaban J connectivity index is 1.97. The van der Waals surface area contributed by atoms with Crippen LogP contribution in [0.4, 0.5) is 5.82 Å². The largest absolute Gasteiger partial charge is 0.490 e. The smallest absolute Gasteiger partial charge is 0.198 e. The first-order valence-electron chi connectivity index (χ1n) is 5.67. The van der Waals surface area contributed by atoms with Gasteiger partial charge in [-0.05, 0) is 25.9 Å². The number of rotatable bonds is 4. The SMILES string of the molecule is COc1c(Cl)ncnc1NCC1CCN(C)C1. The van der Waals surface area contributed by atoms with Crippen molar-refractivity contribution in [2.75, 3.05) is 39.1 Å². The van der Waals surface area contributed by atoms with Gasteiger partial charge in [0.25, 0.3) is 0 Å². The first kappa shape index (κ1) is 12.4. The van der Waals surface area contributed by atoms with Crippen LogP contribution in [0.5, 0.6) is 5.75 Å². The third-order valence-corrected chi connectivity index (χ3v) is 3.28. The lowest BCUT2D eigenvalue weighted by atomic mass is 10.1. The Labute approximate surface area is 106 Å². The Hall–Kier alpha value is -1.07. The highest BCUT2D eigenvalue weighted by atomic mass is 35.5. The summed E-state index contributed by atoms with van der Waals surface area (Å²) in [6.07, 6.45) is 2.65. The molecular weight excluding hydrogens is 240 g/mol. The van der Waals surface area contributed by atoms with E-state index in [4.69, 9.17) is 16.3 Å². The summed E-state index contributed by atoms with van der Waals surface area (Å²) in [5.74, 6) is 1.83. The molecule has 1 fully saturated rings. The lowest BCUT2D eigenvalue weighted by Crippen LogP contribution is -2.19. The summed E-state index contributed by atoms with van der Waals surface area (Å²) in [6.45, 7) is 3.16. The lowest BCUT2D eigenvalue weighted by molar-refractivity contribution is 0.398. The van der Waals surface area contributed by atoms with Crippen molar-refractivity contribution in [1.82, 2.24) is 14.9 Å². The van der Waals surface area contributed by atoms with Gasteiger partial charge in [-0.15, -0.1) is 0 Å². The number of ether oxygens (including phenoxy) is 1. The number of halogens is 1. The molecule has 5 nitrogen and oxygen atoms in total. The normalized spacial score (nSPS) is 20.5. The molecule has 0 bridgehead atoms. The number of aromatic nitrogens is 2. The van der Waals surface area contributed by atoms with Gasteiger partial charge in [0.15, 0.2) is 16.7 Å². The van der Waals surface area contributed by atoms with Crippen LogP contribution in [0.3, 0.4) is 0 Å². The molecule has 0 aromatic carbocycles. The molecule has 1 aliphatic heterocycles. The van der Waals surface area contributed by atoms with Crippen LogP contribution in [0.2, 0.25) is 5.15 Å². The van der Waals surface area contributed by atoms with Crippen LogP contribution in [0.15, 0.2) is 6.33 Å². The van der Waals surface area contributed by atoms with E-state index in [0.29, 0.717) is 22.6 Å². The molecule has 1 atom stereocenters. The number of methoxy groups -OCH3 is 1.